The lowest BCUT2D eigenvalue weighted by Crippen LogP contribution is -2.12. The molecule has 3 heterocycles. The second kappa shape index (κ2) is 5.40. The number of nitrogen functional groups attached to an aromatic ring is 1. The summed E-state index contributed by atoms with van der Waals surface area (Å²) in [7, 11) is 0. The summed E-state index contributed by atoms with van der Waals surface area (Å²) < 4.78 is 0. The van der Waals surface area contributed by atoms with Gasteiger partial charge in [-0.1, -0.05) is 0 Å². The van der Waals surface area contributed by atoms with E-state index in [9.17, 15) is 0 Å². The molecule has 7 heteroatoms. The Bertz CT molecular complexity index is 739. The lowest BCUT2D eigenvalue weighted by Gasteiger charge is -2.10. The van der Waals surface area contributed by atoms with E-state index in [1.807, 2.05) is 30.6 Å². The molecule has 102 valence electrons. The van der Waals surface area contributed by atoms with Crippen molar-refractivity contribution in [1.82, 2.24) is 15.0 Å². The van der Waals surface area contributed by atoms with E-state index < -0.39 is 0 Å². The highest BCUT2D eigenvalue weighted by Gasteiger charge is 2.08. The molecular formula is C13H14N6S. The average Bonchev–Trinajstić information content (AvgIpc) is 2.94. The highest BCUT2D eigenvalue weighted by molar-refractivity contribution is 7.16. The molecule has 0 fully saturated rings. The van der Waals surface area contributed by atoms with Crippen LogP contribution in [0.15, 0.2) is 29.9 Å². The molecule has 0 aromatic carbocycles. The molecule has 0 aliphatic carbocycles. The van der Waals surface area contributed by atoms with Gasteiger partial charge in [-0.15, -0.1) is 11.3 Å². The van der Waals surface area contributed by atoms with Crippen LogP contribution in [0, 0.1) is 6.92 Å². The van der Waals surface area contributed by atoms with Gasteiger partial charge in [-0.25, -0.2) is 10.8 Å². The van der Waals surface area contributed by atoms with E-state index in [1.54, 1.807) is 17.5 Å². The van der Waals surface area contributed by atoms with Gasteiger partial charge in [0.1, 0.15) is 10.6 Å². The highest BCUT2D eigenvalue weighted by Crippen LogP contribution is 2.26. The van der Waals surface area contributed by atoms with E-state index >= 15 is 0 Å². The van der Waals surface area contributed by atoms with E-state index in [4.69, 9.17) is 5.84 Å². The van der Waals surface area contributed by atoms with E-state index in [1.165, 1.54) is 5.56 Å². The van der Waals surface area contributed by atoms with Crippen molar-refractivity contribution in [2.75, 3.05) is 10.7 Å². The van der Waals surface area contributed by atoms with Crippen LogP contribution in [0.1, 0.15) is 11.1 Å². The molecule has 3 rings (SSSR count). The summed E-state index contributed by atoms with van der Waals surface area (Å²) in [5.41, 5.74) is 4.82. The normalized spacial score (nSPS) is 10.7. The monoisotopic (exact) mass is 286 g/mol. The Kier molecular flexibility index (Phi) is 3.44. The number of aromatic nitrogens is 3. The van der Waals surface area contributed by atoms with Gasteiger partial charge >= 0.3 is 0 Å². The van der Waals surface area contributed by atoms with Gasteiger partial charge in [-0.3, -0.25) is 10.4 Å². The molecule has 0 atom stereocenters. The van der Waals surface area contributed by atoms with Gasteiger partial charge in [0.15, 0.2) is 0 Å². The molecule has 0 spiro atoms. The fourth-order valence-corrected chi connectivity index (χ4v) is 2.70. The molecule has 0 saturated carbocycles. The average molecular weight is 286 g/mol. The van der Waals surface area contributed by atoms with Crippen LogP contribution in [0.2, 0.25) is 0 Å². The zero-order valence-corrected chi connectivity index (χ0v) is 11.7. The minimum absolute atomic E-state index is 0.411. The van der Waals surface area contributed by atoms with Crippen LogP contribution in [-0.4, -0.2) is 15.0 Å². The van der Waals surface area contributed by atoms with Crippen molar-refractivity contribution in [2.45, 2.75) is 13.5 Å². The largest absolute Gasteiger partial charge is 0.365 e. The van der Waals surface area contributed by atoms with Gasteiger partial charge in [0.05, 0.1) is 5.39 Å². The Morgan fingerprint density at radius 3 is 3.00 bits per heavy atom. The van der Waals surface area contributed by atoms with Crippen molar-refractivity contribution < 1.29 is 0 Å². The van der Waals surface area contributed by atoms with Crippen LogP contribution in [0.5, 0.6) is 0 Å². The smallest absolute Gasteiger partial charge is 0.240 e. The number of hydrogen-bond acceptors (Lipinski definition) is 7. The van der Waals surface area contributed by atoms with Crippen LogP contribution in [0.25, 0.3) is 10.2 Å². The number of nitrogens with zero attached hydrogens (tertiary/aromatic N) is 3. The zero-order chi connectivity index (χ0) is 13.9. The van der Waals surface area contributed by atoms with Gasteiger partial charge in [0.2, 0.25) is 5.95 Å². The Balaban J connectivity index is 1.90. The van der Waals surface area contributed by atoms with Gasteiger partial charge in [0, 0.05) is 18.9 Å². The predicted molar refractivity (Wildman–Crippen MR) is 81.5 cm³/mol. The van der Waals surface area contributed by atoms with Crippen LogP contribution in [0.3, 0.4) is 0 Å². The molecular weight excluding hydrogens is 272 g/mol. The summed E-state index contributed by atoms with van der Waals surface area (Å²) in [5, 5.41) is 6.33. The fraction of sp³-hybridized carbons (Fsp3) is 0.154. The second-order valence-corrected chi connectivity index (χ2v) is 5.23. The maximum absolute atomic E-state index is 5.40. The maximum atomic E-state index is 5.40. The Morgan fingerprint density at radius 1 is 1.30 bits per heavy atom. The van der Waals surface area contributed by atoms with E-state index in [-0.39, 0.29) is 0 Å². The lowest BCUT2D eigenvalue weighted by molar-refractivity contribution is 1.06. The number of nitrogens with one attached hydrogen (secondary N) is 2. The van der Waals surface area contributed by atoms with Crippen molar-refractivity contribution in [2.24, 2.45) is 5.84 Å². The maximum Gasteiger partial charge on any atom is 0.240 e. The molecule has 0 saturated heterocycles. The lowest BCUT2D eigenvalue weighted by atomic mass is 10.1. The highest BCUT2D eigenvalue weighted by atomic mass is 32.1. The molecule has 0 unspecified atom stereocenters. The molecule has 3 aromatic heterocycles. The standard InChI is InChI=1S/C13H14N6S/c1-8-6-15-4-2-9(8)7-16-11-10-3-5-20-12(10)18-13(17-11)19-14/h2-6H,7,14H2,1H3,(H2,16,17,18,19). The summed E-state index contributed by atoms with van der Waals surface area (Å²) >= 11 is 1.56. The first-order valence-corrected chi connectivity index (χ1v) is 7.01. The van der Waals surface area contributed by atoms with Crippen LogP contribution >= 0.6 is 11.3 Å². The van der Waals surface area contributed by atoms with Gasteiger partial charge in [-0.2, -0.15) is 4.98 Å². The fourth-order valence-electron chi connectivity index (χ4n) is 1.93. The minimum atomic E-state index is 0.411. The van der Waals surface area contributed by atoms with Crippen molar-refractivity contribution in [3.05, 3.63) is 41.0 Å². The van der Waals surface area contributed by atoms with E-state index in [0.717, 1.165) is 21.6 Å². The topological polar surface area (TPSA) is 88.8 Å². The van der Waals surface area contributed by atoms with Gasteiger partial charge in [-0.05, 0) is 35.6 Å². The summed E-state index contributed by atoms with van der Waals surface area (Å²) in [6, 6.07) is 4.00. The molecule has 0 aliphatic heterocycles. The van der Waals surface area contributed by atoms with Crippen molar-refractivity contribution >= 4 is 33.3 Å². The number of nitrogens with two attached hydrogens (primary N) is 1. The van der Waals surface area contributed by atoms with E-state index in [0.29, 0.717) is 12.5 Å². The van der Waals surface area contributed by atoms with E-state index in [2.05, 4.69) is 25.7 Å². The number of anilines is 2. The number of fused-ring (bicyclic) bond motifs is 1. The molecule has 0 amide bonds. The molecule has 3 aromatic rings. The first-order chi connectivity index (χ1) is 9.78. The number of rotatable bonds is 4. The summed E-state index contributed by atoms with van der Waals surface area (Å²) in [5.74, 6) is 6.59. The number of hydrogen-bond donors (Lipinski definition) is 3. The number of pyridine rings is 1. The SMILES string of the molecule is Cc1cnccc1CNc1nc(NN)nc2sccc12. The predicted octanol–water partition coefficient (Wildman–Crippen LogP) is 2.29. The van der Waals surface area contributed by atoms with Crippen molar-refractivity contribution in [3.8, 4) is 0 Å². The number of thiophene rings is 1. The second-order valence-electron chi connectivity index (χ2n) is 4.34. The van der Waals surface area contributed by atoms with Crippen LogP contribution in [0.4, 0.5) is 11.8 Å². The van der Waals surface area contributed by atoms with Gasteiger partial charge in [0.25, 0.3) is 0 Å². The van der Waals surface area contributed by atoms with Crippen molar-refractivity contribution in [1.29, 1.82) is 0 Å². The molecule has 0 bridgehead atoms. The minimum Gasteiger partial charge on any atom is -0.365 e. The van der Waals surface area contributed by atoms with Crippen LogP contribution in [-0.2, 0) is 6.54 Å². The van der Waals surface area contributed by atoms with Crippen molar-refractivity contribution in [3.63, 3.8) is 0 Å². The summed E-state index contributed by atoms with van der Waals surface area (Å²) in [6.07, 6.45) is 3.64. The third kappa shape index (κ3) is 2.40. The zero-order valence-electron chi connectivity index (χ0n) is 10.9. The molecule has 4 N–H and O–H groups in total. The molecule has 20 heavy (non-hydrogen) atoms. The first-order valence-electron chi connectivity index (χ1n) is 6.13. The Hall–Kier alpha value is -2.25. The van der Waals surface area contributed by atoms with Crippen LogP contribution < -0.4 is 16.6 Å². The Labute approximate surface area is 120 Å². The molecule has 0 radical (unpaired) electrons. The van der Waals surface area contributed by atoms with Gasteiger partial charge < -0.3 is 5.32 Å². The third-order valence-corrected chi connectivity index (χ3v) is 3.84. The first kappa shape index (κ1) is 12.8. The number of hydrazine groups is 1. The third-order valence-electron chi connectivity index (χ3n) is 3.04. The molecule has 0 aliphatic rings. The summed E-state index contributed by atoms with van der Waals surface area (Å²) in [4.78, 5) is 13.7. The number of aryl methyl sites for hydroxylation is 1. The quantitative estimate of drug-likeness (QED) is 0.504. The summed E-state index contributed by atoms with van der Waals surface area (Å²) in [6.45, 7) is 2.72. The molecule has 6 nitrogen and oxygen atoms in total. The Morgan fingerprint density at radius 2 is 2.20 bits per heavy atom.